The summed E-state index contributed by atoms with van der Waals surface area (Å²) >= 11 is 5.82. The summed E-state index contributed by atoms with van der Waals surface area (Å²) in [5.74, 6) is 0. The lowest BCUT2D eigenvalue weighted by Crippen LogP contribution is -2.36. The van der Waals surface area contributed by atoms with Crippen LogP contribution in [0.4, 0.5) is 5.69 Å². The highest BCUT2D eigenvalue weighted by Crippen LogP contribution is 2.24. The van der Waals surface area contributed by atoms with Crippen molar-refractivity contribution < 1.29 is 20.1 Å². The summed E-state index contributed by atoms with van der Waals surface area (Å²) in [7, 11) is 0. The predicted molar refractivity (Wildman–Crippen MR) is 62.8 cm³/mol. The molecule has 94 valence electrons. The molecule has 17 heavy (non-hydrogen) atoms. The van der Waals surface area contributed by atoms with Crippen molar-refractivity contribution in [2.24, 2.45) is 0 Å². The van der Waals surface area contributed by atoms with Crippen LogP contribution in [0.1, 0.15) is 0 Å². The first-order valence-corrected chi connectivity index (χ1v) is 5.64. The van der Waals surface area contributed by atoms with Crippen LogP contribution >= 0.6 is 11.6 Å². The second-order valence-electron chi connectivity index (χ2n) is 3.91. The van der Waals surface area contributed by atoms with Crippen LogP contribution in [0.25, 0.3) is 0 Å². The Morgan fingerprint density at radius 2 is 2.06 bits per heavy atom. The maximum absolute atomic E-state index is 9.71. The zero-order valence-electron chi connectivity index (χ0n) is 8.95. The summed E-state index contributed by atoms with van der Waals surface area (Å²) < 4.78 is 5.27. The summed E-state index contributed by atoms with van der Waals surface area (Å²) in [6, 6.07) is 6.92. The summed E-state index contributed by atoms with van der Waals surface area (Å²) in [6.07, 6.45) is -3.73. The summed E-state index contributed by atoms with van der Waals surface area (Å²) in [6.45, 7) is -0.341. The van der Waals surface area contributed by atoms with Gasteiger partial charge in [-0.05, 0) is 18.2 Å². The third-order valence-electron chi connectivity index (χ3n) is 2.68. The maximum Gasteiger partial charge on any atom is 0.157 e. The lowest BCUT2D eigenvalue weighted by atomic mass is 10.1. The van der Waals surface area contributed by atoms with Crippen LogP contribution in [-0.4, -0.2) is 46.5 Å². The SMILES string of the molecule is OCC1OC(Nc2cccc(Cl)c2)C(O)C1O. The number of nitrogens with one attached hydrogen (secondary N) is 1. The van der Waals surface area contributed by atoms with Gasteiger partial charge in [-0.2, -0.15) is 0 Å². The smallest absolute Gasteiger partial charge is 0.157 e. The lowest BCUT2D eigenvalue weighted by Gasteiger charge is -2.17. The largest absolute Gasteiger partial charge is 0.394 e. The first-order chi connectivity index (χ1) is 8.11. The molecule has 0 amide bonds. The normalized spacial score (nSPS) is 32.7. The summed E-state index contributed by atoms with van der Waals surface area (Å²) in [5, 5.41) is 31.7. The molecule has 4 N–H and O–H groups in total. The average Bonchev–Trinajstić information content (AvgIpc) is 2.57. The first-order valence-electron chi connectivity index (χ1n) is 5.26. The highest BCUT2D eigenvalue weighted by molar-refractivity contribution is 6.30. The third-order valence-corrected chi connectivity index (χ3v) is 2.91. The van der Waals surface area contributed by atoms with Crippen LogP contribution in [0.3, 0.4) is 0 Å². The van der Waals surface area contributed by atoms with Gasteiger partial charge in [0.05, 0.1) is 6.61 Å². The van der Waals surface area contributed by atoms with E-state index < -0.39 is 24.5 Å². The van der Waals surface area contributed by atoms with Crippen LogP contribution in [-0.2, 0) is 4.74 Å². The van der Waals surface area contributed by atoms with E-state index in [-0.39, 0.29) is 6.61 Å². The highest BCUT2D eigenvalue weighted by Gasteiger charge is 2.42. The average molecular weight is 260 g/mol. The minimum absolute atomic E-state index is 0.341. The highest BCUT2D eigenvalue weighted by atomic mass is 35.5. The van der Waals surface area contributed by atoms with E-state index >= 15 is 0 Å². The van der Waals surface area contributed by atoms with E-state index in [4.69, 9.17) is 21.4 Å². The minimum atomic E-state index is -1.10. The van der Waals surface area contributed by atoms with Gasteiger partial charge in [-0.3, -0.25) is 0 Å². The Bertz CT molecular complexity index is 389. The molecular formula is C11H14ClNO4. The van der Waals surface area contributed by atoms with Crippen LogP contribution in [0, 0.1) is 0 Å². The molecule has 1 heterocycles. The van der Waals surface area contributed by atoms with Crippen LogP contribution in [0.15, 0.2) is 24.3 Å². The van der Waals surface area contributed by atoms with Gasteiger partial charge in [0.25, 0.3) is 0 Å². The molecule has 0 bridgehead atoms. The van der Waals surface area contributed by atoms with Crippen molar-refractivity contribution in [1.82, 2.24) is 0 Å². The van der Waals surface area contributed by atoms with Gasteiger partial charge in [0, 0.05) is 10.7 Å². The van der Waals surface area contributed by atoms with E-state index in [0.29, 0.717) is 10.7 Å². The molecule has 1 fully saturated rings. The lowest BCUT2D eigenvalue weighted by molar-refractivity contribution is -0.0153. The molecule has 0 spiro atoms. The monoisotopic (exact) mass is 259 g/mol. The molecule has 6 heteroatoms. The molecule has 1 aromatic rings. The van der Waals surface area contributed by atoms with E-state index in [1.165, 1.54) is 0 Å². The molecule has 0 aliphatic carbocycles. The first kappa shape index (κ1) is 12.6. The van der Waals surface area contributed by atoms with Crippen LogP contribution in [0.5, 0.6) is 0 Å². The molecule has 0 aromatic heterocycles. The molecule has 4 unspecified atom stereocenters. The zero-order valence-corrected chi connectivity index (χ0v) is 9.71. The Kier molecular flexibility index (Phi) is 3.86. The molecule has 1 aliphatic rings. The summed E-state index contributed by atoms with van der Waals surface area (Å²) in [5.41, 5.74) is 0.673. The molecule has 1 saturated heterocycles. The third kappa shape index (κ3) is 2.70. The van der Waals surface area contributed by atoms with Crippen molar-refractivity contribution >= 4 is 17.3 Å². The topological polar surface area (TPSA) is 82.0 Å². The number of hydrogen-bond donors (Lipinski definition) is 4. The Hall–Kier alpha value is -0.850. The van der Waals surface area contributed by atoms with E-state index in [1.54, 1.807) is 24.3 Å². The molecule has 5 nitrogen and oxygen atoms in total. The number of rotatable bonds is 3. The van der Waals surface area contributed by atoms with Crippen molar-refractivity contribution in [2.45, 2.75) is 24.5 Å². The number of benzene rings is 1. The second-order valence-corrected chi connectivity index (χ2v) is 4.35. The number of hydrogen-bond acceptors (Lipinski definition) is 5. The number of halogens is 1. The van der Waals surface area contributed by atoms with Gasteiger partial charge in [0.2, 0.25) is 0 Å². The van der Waals surface area contributed by atoms with Gasteiger partial charge in [-0.25, -0.2) is 0 Å². The minimum Gasteiger partial charge on any atom is -0.394 e. The van der Waals surface area contributed by atoms with Crippen molar-refractivity contribution in [2.75, 3.05) is 11.9 Å². The van der Waals surface area contributed by atoms with E-state index in [0.717, 1.165) is 0 Å². The van der Waals surface area contributed by atoms with Gasteiger partial charge >= 0.3 is 0 Å². The van der Waals surface area contributed by atoms with Gasteiger partial charge in [0.15, 0.2) is 6.23 Å². The van der Waals surface area contributed by atoms with Gasteiger partial charge < -0.3 is 25.4 Å². The molecular weight excluding hydrogens is 246 g/mol. The fraction of sp³-hybridized carbons (Fsp3) is 0.455. The molecule has 2 rings (SSSR count). The number of anilines is 1. The Labute approximate surface area is 104 Å². The van der Waals surface area contributed by atoms with E-state index in [2.05, 4.69) is 5.32 Å². The van der Waals surface area contributed by atoms with Gasteiger partial charge in [-0.1, -0.05) is 17.7 Å². The second kappa shape index (κ2) is 5.20. The Morgan fingerprint density at radius 1 is 1.29 bits per heavy atom. The molecule has 1 aromatic carbocycles. The molecule has 1 aliphatic heterocycles. The summed E-state index contributed by atoms with van der Waals surface area (Å²) in [4.78, 5) is 0. The molecule has 4 atom stereocenters. The fourth-order valence-electron chi connectivity index (χ4n) is 1.76. The Morgan fingerprint density at radius 3 is 2.65 bits per heavy atom. The van der Waals surface area contributed by atoms with Crippen molar-refractivity contribution in [3.05, 3.63) is 29.3 Å². The Balaban J connectivity index is 2.05. The van der Waals surface area contributed by atoms with Gasteiger partial charge in [0.1, 0.15) is 18.3 Å². The molecule has 0 radical (unpaired) electrons. The quantitative estimate of drug-likeness (QED) is 0.623. The van der Waals surface area contributed by atoms with E-state index in [1.807, 2.05) is 0 Å². The number of aliphatic hydroxyl groups excluding tert-OH is 3. The van der Waals surface area contributed by atoms with Crippen LogP contribution in [0.2, 0.25) is 5.02 Å². The fourth-order valence-corrected chi connectivity index (χ4v) is 1.95. The van der Waals surface area contributed by atoms with Crippen molar-refractivity contribution in [1.29, 1.82) is 0 Å². The van der Waals surface area contributed by atoms with Crippen molar-refractivity contribution in [3.63, 3.8) is 0 Å². The zero-order chi connectivity index (χ0) is 12.4. The van der Waals surface area contributed by atoms with Gasteiger partial charge in [-0.15, -0.1) is 0 Å². The van der Waals surface area contributed by atoms with E-state index in [9.17, 15) is 10.2 Å². The molecule has 0 saturated carbocycles. The standard InChI is InChI=1S/C11H14ClNO4/c12-6-2-1-3-7(4-6)13-11-10(16)9(15)8(5-14)17-11/h1-4,8-11,13-16H,5H2. The van der Waals surface area contributed by atoms with Crippen LogP contribution < -0.4 is 5.32 Å². The predicted octanol–water partition coefficient (Wildman–Crippen LogP) is 0.191. The van der Waals surface area contributed by atoms with Crippen molar-refractivity contribution in [3.8, 4) is 0 Å². The maximum atomic E-state index is 9.71. The number of ether oxygens (including phenoxy) is 1. The number of aliphatic hydroxyl groups is 3.